The number of amides is 1. The van der Waals surface area contributed by atoms with Crippen LogP contribution in [0.5, 0.6) is 0 Å². The van der Waals surface area contributed by atoms with Gasteiger partial charge in [0.1, 0.15) is 5.60 Å². The van der Waals surface area contributed by atoms with Gasteiger partial charge in [0, 0.05) is 19.2 Å². The third-order valence-electron chi connectivity index (χ3n) is 4.55. The smallest absolute Gasteiger partial charge is 0.408 e. The van der Waals surface area contributed by atoms with Crippen LogP contribution >= 0.6 is 0 Å². The summed E-state index contributed by atoms with van der Waals surface area (Å²) in [5.41, 5.74) is -0.824. The van der Waals surface area contributed by atoms with E-state index in [1.54, 1.807) is 0 Å². The summed E-state index contributed by atoms with van der Waals surface area (Å²) in [6, 6.07) is 0.427. The molecular formula is C18H36N2O3. The number of hydrogen-bond acceptors (Lipinski definition) is 4. The van der Waals surface area contributed by atoms with Crippen molar-refractivity contribution >= 4 is 6.09 Å². The van der Waals surface area contributed by atoms with Crippen molar-refractivity contribution < 1.29 is 14.3 Å². The molecule has 23 heavy (non-hydrogen) atoms. The maximum atomic E-state index is 12.2. The highest BCUT2D eigenvalue weighted by atomic mass is 16.6. The molecule has 1 aliphatic heterocycles. The summed E-state index contributed by atoms with van der Waals surface area (Å²) in [6.45, 7) is 15.7. The van der Waals surface area contributed by atoms with Gasteiger partial charge in [-0.3, -0.25) is 0 Å². The van der Waals surface area contributed by atoms with Crippen molar-refractivity contribution in [3.8, 4) is 0 Å². The first kappa shape index (κ1) is 20.2. The molecule has 5 heteroatoms. The highest BCUT2D eigenvalue weighted by Gasteiger charge is 2.33. The van der Waals surface area contributed by atoms with Crippen molar-refractivity contribution in [1.82, 2.24) is 10.6 Å². The molecule has 0 saturated carbocycles. The topological polar surface area (TPSA) is 59.6 Å². The van der Waals surface area contributed by atoms with Gasteiger partial charge in [-0.25, -0.2) is 4.79 Å². The summed E-state index contributed by atoms with van der Waals surface area (Å²) in [4.78, 5) is 12.2. The van der Waals surface area contributed by atoms with Crippen molar-refractivity contribution in [2.45, 2.75) is 96.9 Å². The van der Waals surface area contributed by atoms with Crippen LogP contribution in [0.4, 0.5) is 4.79 Å². The first-order chi connectivity index (χ1) is 10.5. The van der Waals surface area contributed by atoms with Gasteiger partial charge in [-0.1, -0.05) is 13.8 Å². The molecule has 1 rings (SSSR count). The van der Waals surface area contributed by atoms with Gasteiger partial charge in [0.2, 0.25) is 0 Å². The lowest BCUT2D eigenvalue weighted by Gasteiger charge is -2.39. The van der Waals surface area contributed by atoms with Gasteiger partial charge in [-0.15, -0.1) is 0 Å². The molecule has 0 spiro atoms. The molecule has 0 aromatic carbocycles. The molecule has 0 radical (unpaired) electrons. The lowest BCUT2D eigenvalue weighted by Crippen LogP contribution is -2.57. The Morgan fingerprint density at radius 1 is 1.26 bits per heavy atom. The zero-order valence-electron chi connectivity index (χ0n) is 16.0. The molecule has 1 heterocycles. The first-order valence-electron chi connectivity index (χ1n) is 8.89. The second-order valence-corrected chi connectivity index (χ2v) is 8.29. The molecule has 1 atom stereocenters. The van der Waals surface area contributed by atoms with Gasteiger partial charge in [0.05, 0.1) is 11.1 Å². The van der Waals surface area contributed by atoms with E-state index >= 15 is 0 Å². The largest absolute Gasteiger partial charge is 0.444 e. The summed E-state index contributed by atoms with van der Waals surface area (Å²) in [6.07, 6.45) is 3.39. The summed E-state index contributed by atoms with van der Waals surface area (Å²) in [5, 5.41) is 6.73. The number of ether oxygens (including phenoxy) is 2. The maximum absolute atomic E-state index is 12.2. The van der Waals surface area contributed by atoms with Gasteiger partial charge in [0.15, 0.2) is 0 Å². The molecule has 0 aliphatic carbocycles. The molecule has 1 saturated heterocycles. The molecule has 1 unspecified atom stereocenters. The fraction of sp³-hybridized carbons (Fsp3) is 0.944. The summed E-state index contributed by atoms with van der Waals surface area (Å²) in [7, 11) is 0. The van der Waals surface area contributed by atoms with Crippen LogP contribution in [0.3, 0.4) is 0 Å². The normalized spacial score (nSPS) is 21.8. The van der Waals surface area contributed by atoms with Crippen molar-refractivity contribution in [3.05, 3.63) is 0 Å². The van der Waals surface area contributed by atoms with Gasteiger partial charge < -0.3 is 20.1 Å². The predicted molar refractivity (Wildman–Crippen MR) is 93.7 cm³/mol. The average molecular weight is 328 g/mol. The van der Waals surface area contributed by atoms with Gasteiger partial charge in [-0.05, 0) is 60.3 Å². The van der Waals surface area contributed by atoms with E-state index in [4.69, 9.17) is 9.47 Å². The molecule has 2 N–H and O–H groups in total. The minimum absolute atomic E-state index is 0.0738. The Bertz CT molecular complexity index is 384. The molecule has 0 aromatic rings. The van der Waals surface area contributed by atoms with Crippen LogP contribution in [0.2, 0.25) is 0 Å². The SMILES string of the molecule is CCC(CC)(CNC1CCOC(C)(C)C1)NC(=O)OC(C)(C)C. The van der Waals surface area contributed by atoms with Crippen LogP contribution < -0.4 is 10.6 Å². The minimum Gasteiger partial charge on any atom is -0.444 e. The Kier molecular flexibility index (Phi) is 6.90. The van der Waals surface area contributed by atoms with E-state index in [1.165, 1.54) is 0 Å². The third kappa shape index (κ3) is 7.08. The second kappa shape index (κ2) is 7.84. The zero-order valence-corrected chi connectivity index (χ0v) is 16.0. The zero-order chi connectivity index (χ0) is 17.7. The number of hydrogen-bond donors (Lipinski definition) is 2. The second-order valence-electron chi connectivity index (χ2n) is 8.29. The minimum atomic E-state index is -0.477. The first-order valence-corrected chi connectivity index (χ1v) is 8.89. The van der Waals surface area contributed by atoms with E-state index in [-0.39, 0.29) is 17.2 Å². The van der Waals surface area contributed by atoms with Crippen LogP contribution in [-0.4, -0.2) is 42.0 Å². The summed E-state index contributed by atoms with van der Waals surface area (Å²) < 4.78 is 11.2. The lowest BCUT2D eigenvalue weighted by atomic mass is 9.90. The third-order valence-corrected chi connectivity index (χ3v) is 4.55. The van der Waals surface area contributed by atoms with Crippen LogP contribution in [0, 0.1) is 0 Å². The number of alkyl carbamates (subject to hydrolysis) is 1. The van der Waals surface area contributed by atoms with Gasteiger partial charge in [-0.2, -0.15) is 0 Å². The number of rotatable bonds is 6. The standard InChI is InChI=1S/C18H36N2O3/c1-8-18(9-2,20-15(21)23-16(3,4)5)13-19-14-10-11-22-17(6,7)12-14/h14,19H,8-13H2,1-7H3,(H,20,21). The van der Waals surface area contributed by atoms with Gasteiger partial charge >= 0.3 is 6.09 Å². The Morgan fingerprint density at radius 2 is 1.87 bits per heavy atom. The highest BCUT2D eigenvalue weighted by Crippen LogP contribution is 2.25. The lowest BCUT2D eigenvalue weighted by molar-refractivity contribution is -0.0636. The van der Waals surface area contributed by atoms with Crippen molar-refractivity contribution in [3.63, 3.8) is 0 Å². The molecule has 0 aromatic heterocycles. The molecule has 1 aliphatic rings. The quantitative estimate of drug-likeness (QED) is 0.782. The molecule has 5 nitrogen and oxygen atoms in total. The van der Waals surface area contributed by atoms with Crippen LogP contribution in [0.1, 0.15) is 74.1 Å². The maximum Gasteiger partial charge on any atom is 0.408 e. The Labute approximate surface area is 141 Å². The molecule has 1 fully saturated rings. The summed E-state index contributed by atoms with van der Waals surface area (Å²) in [5.74, 6) is 0. The predicted octanol–water partition coefficient (Wildman–Crippen LogP) is 3.62. The van der Waals surface area contributed by atoms with Gasteiger partial charge in [0.25, 0.3) is 0 Å². The highest BCUT2D eigenvalue weighted by molar-refractivity contribution is 5.68. The number of carbonyl (C=O) groups is 1. The van der Waals surface area contributed by atoms with Crippen molar-refractivity contribution in [1.29, 1.82) is 0 Å². The van der Waals surface area contributed by atoms with E-state index in [9.17, 15) is 4.79 Å². The van der Waals surface area contributed by atoms with Crippen LogP contribution in [0.15, 0.2) is 0 Å². The van der Waals surface area contributed by atoms with Crippen LogP contribution in [-0.2, 0) is 9.47 Å². The fourth-order valence-electron chi connectivity index (χ4n) is 2.99. The van der Waals surface area contributed by atoms with Crippen LogP contribution in [0.25, 0.3) is 0 Å². The average Bonchev–Trinajstić information content (AvgIpc) is 2.40. The Balaban J connectivity index is 2.61. The Hall–Kier alpha value is -0.810. The van der Waals surface area contributed by atoms with Crippen molar-refractivity contribution in [2.75, 3.05) is 13.2 Å². The van der Waals surface area contributed by atoms with Crippen molar-refractivity contribution in [2.24, 2.45) is 0 Å². The van der Waals surface area contributed by atoms with E-state index < -0.39 is 5.60 Å². The van der Waals surface area contributed by atoms with E-state index in [1.807, 2.05) is 20.8 Å². The van der Waals surface area contributed by atoms with E-state index in [2.05, 4.69) is 38.3 Å². The number of nitrogens with one attached hydrogen (secondary N) is 2. The molecule has 1 amide bonds. The van der Waals surface area contributed by atoms with E-state index in [0.717, 1.165) is 38.8 Å². The fourth-order valence-corrected chi connectivity index (χ4v) is 2.99. The molecule has 0 bridgehead atoms. The monoisotopic (exact) mass is 328 g/mol. The number of carbonyl (C=O) groups excluding carboxylic acids is 1. The summed E-state index contributed by atoms with van der Waals surface area (Å²) >= 11 is 0. The molecule has 136 valence electrons. The van der Waals surface area contributed by atoms with E-state index in [0.29, 0.717) is 6.04 Å². The Morgan fingerprint density at radius 3 is 2.35 bits per heavy atom. The molecular weight excluding hydrogens is 292 g/mol.